The molecule has 0 unspecified atom stereocenters. The van der Waals surface area contributed by atoms with Crippen LogP contribution in [0.2, 0.25) is 4.47 Å². The fourth-order valence-electron chi connectivity index (χ4n) is 0.535. The van der Waals surface area contributed by atoms with Crippen molar-refractivity contribution < 1.29 is 5.11 Å². The number of halogens is 2. The normalized spacial score (nSPS) is 12.3. The summed E-state index contributed by atoms with van der Waals surface area (Å²) in [5, 5.41) is 9.13. The maximum Gasteiger partial charge on any atom is 0.183 e. The van der Waals surface area contributed by atoms with E-state index in [1.54, 1.807) is 0 Å². The first-order valence-corrected chi connectivity index (χ1v) is 3.93. The van der Waals surface area contributed by atoms with E-state index >= 15 is 0 Å². The average molecular weight is 215 g/mol. The first kappa shape index (κ1) is 11.1. The van der Waals surface area contributed by atoms with Crippen LogP contribution in [0.4, 0.5) is 0 Å². The van der Waals surface area contributed by atoms with Crippen LogP contribution in [0.25, 0.3) is 0 Å². The van der Waals surface area contributed by atoms with E-state index in [4.69, 9.17) is 22.4 Å². The number of thiazole rings is 1. The molecule has 0 bridgehead atoms. The van der Waals surface area contributed by atoms with Gasteiger partial charge in [0, 0.05) is 12.7 Å². The quantitative estimate of drug-likeness (QED) is 0.779. The molecule has 64 valence electrons. The lowest BCUT2D eigenvalue weighted by Crippen LogP contribution is -2.09. The average Bonchev–Trinajstić information content (AvgIpc) is 2.34. The minimum atomic E-state index is -0.620. The van der Waals surface area contributed by atoms with E-state index in [-0.39, 0.29) is 19.0 Å². The van der Waals surface area contributed by atoms with Gasteiger partial charge in [-0.1, -0.05) is 11.6 Å². The van der Waals surface area contributed by atoms with E-state index in [0.717, 1.165) is 0 Å². The zero-order valence-corrected chi connectivity index (χ0v) is 7.92. The maximum atomic E-state index is 9.13. The van der Waals surface area contributed by atoms with Crippen molar-refractivity contribution in [3.05, 3.63) is 15.5 Å². The summed E-state index contributed by atoms with van der Waals surface area (Å²) in [6, 6.07) is 0. The molecule has 0 radical (unpaired) electrons. The molecule has 0 saturated heterocycles. The highest BCUT2D eigenvalue weighted by atomic mass is 35.5. The second-order valence-electron chi connectivity index (χ2n) is 1.77. The van der Waals surface area contributed by atoms with Gasteiger partial charge in [0.15, 0.2) is 4.47 Å². The predicted molar refractivity (Wildman–Crippen MR) is 48.4 cm³/mol. The van der Waals surface area contributed by atoms with Gasteiger partial charge in [-0.3, -0.25) is 0 Å². The molecule has 1 aromatic heterocycles. The van der Waals surface area contributed by atoms with Gasteiger partial charge in [-0.05, 0) is 0 Å². The molecule has 3 nitrogen and oxygen atoms in total. The van der Waals surface area contributed by atoms with Gasteiger partial charge in [-0.2, -0.15) is 0 Å². The molecule has 0 amide bonds. The zero-order valence-electron chi connectivity index (χ0n) is 5.53. The SMILES string of the molecule is Cl.NC[C@@H](O)c1cnc(Cl)s1. The third-order valence-corrected chi connectivity index (χ3v) is 2.26. The smallest absolute Gasteiger partial charge is 0.183 e. The van der Waals surface area contributed by atoms with Gasteiger partial charge >= 0.3 is 0 Å². The van der Waals surface area contributed by atoms with Crippen molar-refractivity contribution in [1.82, 2.24) is 4.98 Å². The molecule has 0 spiro atoms. The highest BCUT2D eigenvalue weighted by molar-refractivity contribution is 7.15. The van der Waals surface area contributed by atoms with Crippen molar-refractivity contribution in [2.75, 3.05) is 6.54 Å². The number of hydrogen-bond donors (Lipinski definition) is 2. The summed E-state index contributed by atoms with van der Waals surface area (Å²) in [5.41, 5.74) is 5.20. The standard InChI is InChI=1S/C5H7ClN2OS.ClH/c6-5-8-2-4(10-5)3(9)1-7;/h2-3,9H,1,7H2;1H/t3-;/m1./s1. The third kappa shape index (κ3) is 2.92. The predicted octanol–water partition coefficient (Wildman–Crippen LogP) is 1.21. The summed E-state index contributed by atoms with van der Waals surface area (Å²) in [4.78, 5) is 4.47. The fourth-order valence-corrected chi connectivity index (χ4v) is 1.49. The summed E-state index contributed by atoms with van der Waals surface area (Å²) < 4.78 is 0.433. The summed E-state index contributed by atoms with van der Waals surface area (Å²) in [6.07, 6.45) is 0.912. The van der Waals surface area contributed by atoms with E-state index in [1.807, 2.05) is 0 Å². The Hall–Kier alpha value is 0.130. The lowest BCUT2D eigenvalue weighted by Gasteiger charge is -2.00. The molecule has 11 heavy (non-hydrogen) atoms. The molecular formula is C5H8Cl2N2OS. The van der Waals surface area contributed by atoms with Crippen LogP contribution in [0.5, 0.6) is 0 Å². The number of hydrogen-bond acceptors (Lipinski definition) is 4. The summed E-state index contributed by atoms with van der Waals surface area (Å²) >= 11 is 6.76. The fraction of sp³-hybridized carbons (Fsp3) is 0.400. The maximum absolute atomic E-state index is 9.13. The minimum absolute atomic E-state index is 0. The van der Waals surface area contributed by atoms with Gasteiger partial charge in [0.05, 0.1) is 4.88 Å². The van der Waals surface area contributed by atoms with Gasteiger partial charge in [0.25, 0.3) is 0 Å². The zero-order chi connectivity index (χ0) is 7.56. The Bertz CT molecular complexity index is 218. The van der Waals surface area contributed by atoms with Gasteiger partial charge in [-0.25, -0.2) is 4.98 Å². The molecule has 0 aliphatic rings. The molecule has 1 atom stereocenters. The van der Waals surface area contributed by atoms with Crippen LogP contribution in [-0.2, 0) is 0 Å². The largest absolute Gasteiger partial charge is 0.386 e. The van der Waals surface area contributed by atoms with Crippen LogP contribution in [0.1, 0.15) is 11.0 Å². The summed E-state index contributed by atoms with van der Waals surface area (Å²) in [7, 11) is 0. The molecule has 6 heteroatoms. The van der Waals surface area contributed by atoms with Crippen LogP contribution < -0.4 is 5.73 Å². The van der Waals surface area contributed by atoms with Crippen molar-refractivity contribution >= 4 is 35.3 Å². The van der Waals surface area contributed by atoms with Gasteiger partial charge in [0.1, 0.15) is 6.10 Å². The summed E-state index contributed by atoms with van der Waals surface area (Å²) in [6.45, 7) is 0.207. The first-order chi connectivity index (χ1) is 4.74. The number of nitrogens with zero attached hydrogens (tertiary/aromatic N) is 1. The van der Waals surface area contributed by atoms with Crippen LogP contribution in [0.3, 0.4) is 0 Å². The van der Waals surface area contributed by atoms with E-state index in [0.29, 0.717) is 9.34 Å². The Morgan fingerprint density at radius 1 is 1.82 bits per heavy atom. The number of rotatable bonds is 2. The van der Waals surface area contributed by atoms with Gasteiger partial charge < -0.3 is 10.8 Å². The monoisotopic (exact) mass is 214 g/mol. The number of aliphatic hydroxyl groups excluding tert-OH is 1. The lowest BCUT2D eigenvalue weighted by molar-refractivity contribution is 0.190. The Morgan fingerprint density at radius 2 is 2.45 bits per heavy atom. The molecule has 0 aliphatic carbocycles. The second kappa shape index (κ2) is 4.90. The Morgan fingerprint density at radius 3 is 2.82 bits per heavy atom. The van der Waals surface area contributed by atoms with Crippen molar-refractivity contribution in [1.29, 1.82) is 0 Å². The molecule has 1 rings (SSSR count). The highest BCUT2D eigenvalue weighted by Gasteiger charge is 2.07. The van der Waals surface area contributed by atoms with E-state index in [9.17, 15) is 0 Å². The van der Waals surface area contributed by atoms with Crippen LogP contribution in [0.15, 0.2) is 6.20 Å². The van der Waals surface area contributed by atoms with Crippen LogP contribution in [0, 0.1) is 0 Å². The van der Waals surface area contributed by atoms with E-state index in [1.165, 1.54) is 17.5 Å². The topological polar surface area (TPSA) is 59.1 Å². The Balaban J connectivity index is 0.000001000. The highest BCUT2D eigenvalue weighted by Crippen LogP contribution is 2.22. The van der Waals surface area contributed by atoms with Gasteiger partial charge in [-0.15, -0.1) is 23.7 Å². The van der Waals surface area contributed by atoms with Crippen molar-refractivity contribution in [3.63, 3.8) is 0 Å². The second-order valence-corrected chi connectivity index (χ2v) is 3.41. The lowest BCUT2D eigenvalue weighted by atomic mass is 10.3. The Kier molecular flexibility index (Phi) is 4.96. The molecule has 1 aromatic rings. The Labute approximate surface area is 79.6 Å². The third-order valence-electron chi connectivity index (χ3n) is 1.05. The van der Waals surface area contributed by atoms with Crippen LogP contribution >= 0.6 is 35.3 Å². The van der Waals surface area contributed by atoms with Gasteiger partial charge in [0.2, 0.25) is 0 Å². The molecule has 0 saturated carbocycles. The minimum Gasteiger partial charge on any atom is -0.386 e. The molecule has 0 aliphatic heterocycles. The summed E-state index contributed by atoms with van der Waals surface area (Å²) in [5.74, 6) is 0. The first-order valence-electron chi connectivity index (χ1n) is 2.73. The van der Waals surface area contributed by atoms with E-state index in [2.05, 4.69) is 4.98 Å². The molecular weight excluding hydrogens is 207 g/mol. The molecule has 0 aromatic carbocycles. The van der Waals surface area contributed by atoms with Crippen molar-refractivity contribution in [3.8, 4) is 0 Å². The molecule has 1 heterocycles. The number of nitrogens with two attached hydrogens (primary N) is 1. The number of aromatic nitrogens is 1. The molecule has 3 N–H and O–H groups in total. The van der Waals surface area contributed by atoms with Crippen molar-refractivity contribution in [2.24, 2.45) is 5.73 Å². The van der Waals surface area contributed by atoms with Crippen molar-refractivity contribution in [2.45, 2.75) is 6.10 Å². The van der Waals surface area contributed by atoms with Crippen LogP contribution in [-0.4, -0.2) is 16.6 Å². The molecule has 0 fully saturated rings. The van der Waals surface area contributed by atoms with E-state index < -0.39 is 6.10 Å². The number of aliphatic hydroxyl groups is 1.